The van der Waals surface area contributed by atoms with E-state index in [-0.39, 0.29) is 24.0 Å². The van der Waals surface area contributed by atoms with Gasteiger partial charge >= 0.3 is 0 Å². The summed E-state index contributed by atoms with van der Waals surface area (Å²) in [6.45, 7) is 3.49. The van der Waals surface area contributed by atoms with Gasteiger partial charge in [0.15, 0.2) is 33.7 Å². The minimum atomic E-state index is -0.748. The number of anilines is 1. The molecular formula is C13H18BrN5O5. The summed E-state index contributed by atoms with van der Waals surface area (Å²) >= 11 is 3.41. The van der Waals surface area contributed by atoms with Crippen molar-refractivity contribution in [2.45, 2.75) is 44.2 Å². The first-order valence-electron chi connectivity index (χ1n) is 7.17. The summed E-state index contributed by atoms with van der Waals surface area (Å²) < 4.78 is 20.0. The number of aliphatic hydroxyl groups excluding tert-OH is 1. The van der Waals surface area contributed by atoms with Crippen molar-refractivity contribution < 1.29 is 24.8 Å². The quantitative estimate of drug-likeness (QED) is 0.651. The number of nitrogens with zero attached hydrogens (tertiary/aromatic N) is 4. The molecule has 0 amide bonds. The molecule has 2 fully saturated rings. The average Bonchev–Trinajstić information content (AvgIpc) is 3.08. The molecule has 2 aromatic rings. The van der Waals surface area contributed by atoms with Crippen molar-refractivity contribution in [2.24, 2.45) is 0 Å². The molecule has 0 unspecified atom stereocenters. The van der Waals surface area contributed by atoms with E-state index in [4.69, 9.17) is 19.9 Å². The summed E-state index contributed by atoms with van der Waals surface area (Å²) in [6.07, 6.45) is -0.438. The number of fused-ring (bicyclic) bond motifs is 2. The number of hydrogen-bond acceptors (Lipinski definition) is 8. The monoisotopic (exact) mass is 403 g/mol. The Morgan fingerprint density at radius 3 is 2.75 bits per heavy atom. The highest BCUT2D eigenvalue weighted by molar-refractivity contribution is 9.10. The number of halogens is 1. The van der Waals surface area contributed by atoms with Crippen LogP contribution in [0.25, 0.3) is 11.2 Å². The van der Waals surface area contributed by atoms with Crippen LogP contribution in [0.4, 0.5) is 5.82 Å². The van der Waals surface area contributed by atoms with Crippen molar-refractivity contribution >= 4 is 32.9 Å². The maximum atomic E-state index is 9.58. The minimum absolute atomic E-state index is 0. The van der Waals surface area contributed by atoms with Gasteiger partial charge < -0.3 is 30.5 Å². The van der Waals surface area contributed by atoms with Crippen LogP contribution in [0.15, 0.2) is 11.1 Å². The molecule has 0 saturated carbocycles. The normalized spacial score (nSPS) is 31.2. The first-order valence-corrected chi connectivity index (χ1v) is 7.96. The third-order valence-corrected chi connectivity index (χ3v) is 4.58. The zero-order chi connectivity index (χ0) is 16.4. The van der Waals surface area contributed by atoms with E-state index in [1.165, 1.54) is 6.33 Å². The predicted octanol–water partition coefficient (Wildman–Crippen LogP) is -0.244. The highest BCUT2D eigenvalue weighted by atomic mass is 79.9. The van der Waals surface area contributed by atoms with Crippen LogP contribution in [0.3, 0.4) is 0 Å². The molecule has 2 saturated heterocycles. The SMILES string of the molecule is CC1(C)O[C@@H]2[C@H](O1)[C@@H](CO)O[C@H]2n1c(Br)nc2c(N)ncnc21.O. The lowest BCUT2D eigenvalue weighted by Crippen LogP contribution is -2.31. The van der Waals surface area contributed by atoms with Gasteiger partial charge in [0.25, 0.3) is 0 Å². The Balaban J connectivity index is 0.00000169. The van der Waals surface area contributed by atoms with Gasteiger partial charge in [0.05, 0.1) is 6.61 Å². The van der Waals surface area contributed by atoms with E-state index >= 15 is 0 Å². The van der Waals surface area contributed by atoms with Gasteiger partial charge in [-0.25, -0.2) is 15.0 Å². The maximum Gasteiger partial charge on any atom is 0.181 e. The van der Waals surface area contributed by atoms with Crippen molar-refractivity contribution in [1.29, 1.82) is 0 Å². The fraction of sp³-hybridized carbons (Fsp3) is 0.615. The van der Waals surface area contributed by atoms with Gasteiger partial charge in [0.2, 0.25) is 0 Å². The van der Waals surface area contributed by atoms with Crippen LogP contribution in [0.5, 0.6) is 0 Å². The van der Waals surface area contributed by atoms with E-state index < -0.39 is 24.2 Å². The van der Waals surface area contributed by atoms with Gasteiger partial charge in [-0.1, -0.05) is 0 Å². The number of nitrogens with two attached hydrogens (primary N) is 1. The first kappa shape index (κ1) is 17.5. The van der Waals surface area contributed by atoms with Crippen LogP contribution < -0.4 is 5.73 Å². The van der Waals surface area contributed by atoms with Crippen molar-refractivity contribution in [2.75, 3.05) is 12.3 Å². The van der Waals surface area contributed by atoms with E-state index in [0.29, 0.717) is 15.9 Å². The van der Waals surface area contributed by atoms with Crippen LogP contribution in [0, 0.1) is 0 Å². The Morgan fingerprint density at radius 2 is 2.04 bits per heavy atom. The summed E-state index contributed by atoms with van der Waals surface area (Å²) in [7, 11) is 0. The Kier molecular flexibility index (Phi) is 4.26. The highest BCUT2D eigenvalue weighted by Crippen LogP contribution is 2.44. The van der Waals surface area contributed by atoms with Crippen molar-refractivity contribution in [3.8, 4) is 0 Å². The van der Waals surface area contributed by atoms with Crippen LogP contribution in [-0.2, 0) is 14.2 Å². The van der Waals surface area contributed by atoms with Gasteiger partial charge in [-0.05, 0) is 29.8 Å². The standard InChI is InChI=1S/C13H16BrN5O4.H2O/c1-13(2)22-7-5(3-20)21-11(8(7)23-13)19-10-6(18-12(19)14)9(15)16-4-17-10;/h4-5,7-8,11,20H,3H2,1-2H3,(H2,15,16,17);1H2/t5-,7-,8-,11-;/m1./s1. The summed E-state index contributed by atoms with van der Waals surface area (Å²) in [4.78, 5) is 12.5. The van der Waals surface area contributed by atoms with Gasteiger partial charge in [-0.15, -0.1) is 0 Å². The van der Waals surface area contributed by atoms with Crippen LogP contribution in [-0.4, -0.2) is 60.8 Å². The van der Waals surface area contributed by atoms with E-state index in [0.717, 1.165) is 0 Å². The van der Waals surface area contributed by atoms with E-state index in [9.17, 15) is 5.11 Å². The minimum Gasteiger partial charge on any atom is -0.412 e. The average molecular weight is 404 g/mol. The Morgan fingerprint density at radius 1 is 1.33 bits per heavy atom. The Bertz CT molecular complexity index is 769. The molecule has 132 valence electrons. The van der Waals surface area contributed by atoms with Gasteiger partial charge in [0.1, 0.15) is 24.6 Å². The van der Waals surface area contributed by atoms with Gasteiger partial charge in [0, 0.05) is 0 Å². The Labute approximate surface area is 145 Å². The number of aromatic nitrogens is 4. The fourth-order valence-corrected chi connectivity index (χ4v) is 3.69. The second-order valence-corrected chi connectivity index (χ2v) is 6.70. The fourth-order valence-electron chi connectivity index (χ4n) is 3.14. The van der Waals surface area contributed by atoms with Crippen LogP contribution in [0.1, 0.15) is 20.1 Å². The Hall–Kier alpha value is -1.37. The molecule has 0 radical (unpaired) electrons. The lowest BCUT2D eigenvalue weighted by molar-refractivity contribution is -0.200. The summed E-state index contributed by atoms with van der Waals surface area (Å²) in [5, 5.41) is 9.58. The molecule has 0 aromatic carbocycles. The smallest absolute Gasteiger partial charge is 0.181 e. The molecule has 4 heterocycles. The molecule has 10 nitrogen and oxygen atoms in total. The molecule has 2 aliphatic heterocycles. The molecular weight excluding hydrogens is 386 g/mol. The number of hydrogen-bond donors (Lipinski definition) is 2. The number of rotatable bonds is 2. The molecule has 4 atom stereocenters. The molecule has 0 aliphatic carbocycles. The third kappa shape index (κ3) is 2.48. The summed E-state index contributed by atoms with van der Waals surface area (Å²) in [6, 6.07) is 0. The topological polar surface area (TPSA) is 149 Å². The second-order valence-electron chi connectivity index (χ2n) is 5.99. The number of nitrogen functional groups attached to an aromatic ring is 1. The lowest BCUT2D eigenvalue weighted by atomic mass is 10.1. The molecule has 5 N–H and O–H groups in total. The molecule has 24 heavy (non-hydrogen) atoms. The van der Waals surface area contributed by atoms with Gasteiger partial charge in [-0.3, -0.25) is 4.57 Å². The zero-order valence-corrected chi connectivity index (χ0v) is 14.6. The molecule has 0 bridgehead atoms. The van der Waals surface area contributed by atoms with E-state index in [1.54, 1.807) is 4.57 Å². The van der Waals surface area contributed by atoms with Crippen LogP contribution >= 0.6 is 15.9 Å². The van der Waals surface area contributed by atoms with Crippen molar-refractivity contribution in [1.82, 2.24) is 19.5 Å². The molecule has 2 aromatic heterocycles. The summed E-state index contributed by atoms with van der Waals surface area (Å²) in [5.41, 5.74) is 6.86. The number of aliphatic hydroxyl groups is 1. The summed E-state index contributed by atoms with van der Waals surface area (Å²) in [5.74, 6) is -0.464. The molecule has 11 heteroatoms. The third-order valence-electron chi connectivity index (χ3n) is 4.02. The number of ether oxygens (including phenoxy) is 3. The second kappa shape index (κ2) is 5.86. The van der Waals surface area contributed by atoms with Crippen molar-refractivity contribution in [3.05, 3.63) is 11.1 Å². The number of imidazole rings is 1. The van der Waals surface area contributed by atoms with Crippen molar-refractivity contribution in [3.63, 3.8) is 0 Å². The molecule has 4 rings (SSSR count). The van der Waals surface area contributed by atoms with E-state index in [2.05, 4.69) is 30.9 Å². The first-order chi connectivity index (χ1) is 10.9. The molecule has 2 aliphatic rings. The zero-order valence-electron chi connectivity index (χ0n) is 13.0. The molecule has 0 spiro atoms. The largest absolute Gasteiger partial charge is 0.412 e. The van der Waals surface area contributed by atoms with Crippen LogP contribution in [0.2, 0.25) is 0 Å². The van der Waals surface area contributed by atoms with Gasteiger partial charge in [-0.2, -0.15) is 0 Å². The predicted molar refractivity (Wildman–Crippen MR) is 85.9 cm³/mol. The lowest BCUT2D eigenvalue weighted by Gasteiger charge is -2.24. The maximum absolute atomic E-state index is 9.58. The van der Waals surface area contributed by atoms with E-state index in [1.807, 2.05) is 13.8 Å². The highest BCUT2D eigenvalue weighted by Gasteiger charge is 2.56.